The van der Waals surface area contributed by atoms with E-state index in [4.69, 9.17) is 4.74 Å². The quantitative estimate of drug-likeness (QED) is 0.831. The number of aromatic nitrogens is 2. The lowest BCUT2D eigenvalue weighted by Gasteiger charge is -2.11. The zero-order valence-electron chi connectivity index (χ0n) is 11.2. The zero-order valence-corrected chi connectivity index (χ0v) is 14.4. The maximum Gasteiger partial charge on any atom is 0.356 e. The van der Waals surface area contributed by atoms with Gasteiger partial charge in [0.2, 0.25) is 0 Å². The summed E-state index contributed by atoms with van der Waals surface area (Å²) in [4.78, 5) is 11.3. The van der Waals surface area contributed by atoms with E-state index in [-0.39, 0.29) is 5.69 Å². The number of carbonyl (C=O) groups is 1. The molecule has 0 unspecified atom stereocenters. The normalized spacial score (nSPS) is 13.3. The highest BCUT2D eigenvalue weighted by Gasteiger charge is 2.27. The number of carboxylic acids is 1. The molecule has 0 saturated heterocycles. The Morgan fingerprint density at radius 1 is 1.33 bits per heavy atom. The molecule has 1 aromatic carbocycles. The Labute approximate surface area is 138 Å². The molecule has 0 spiro atoms. The average molecular weight is 416 g/mol. The Hall–Kier alpha value is -1.34. The van der Waals surface area contributed by atoms with E-state index in [9.17, 15) is 9.90 Å². The number of benzene rings is 1. The molecule has 1 aliphatic rings. The number of hydrogen-bond donors (Lipinski definition) is 1. The highest BCUT2D eigenvalue weighted by Crippen LogP contribution is 2.36. The summed E-state index contributed by atoms with van der Waals surface area (Å²) < 4.78 is 8.67. The molecule has 0 amide bonds. The predicted molar refractivity (Wildman–Crippen MR) is 84.5 cm³/mol. The number of fused-ring (bicyclic) bond motifs is 1. The van der Waals surface area contributed by atoms with Crippen LogP contribution in [0.15, 0.2) is 21.1 Å². The van der Waals surface area contributed by atoms with Gasteiger partial charge in [-0.1, -0.05) is 0 Å². The lowest BCUT2D eigenvalue weighted by molar-refractivity contribution is 0.0689. The van der Waals surface area contributed by atoms with Crippen LogP contribution < -0.4 is 4.74 Å². The van der Waals surface area contributed by atoms with Gasteiger partial charge in [0.25, 0.3) is 0 Å². The number of ether oxygens (including phenoxy) is 1. The van der Waals surface area contributed by atoms with Gasteiger partial charge in [0.05, 0.1) is 17.3 Å². The molecule has 1 aromatic heterocycles. The topological polar surface area (TPSA) is 64.4 Å². The third-order valence-corrected chi connectivity index (χ3v) is 4.84. The highest BCUT2D eigenvalue weighted by molar-refractivity contribution is 9.11. The molecule has 0 atom stereocenters. The van der Waals surface area contributed by atoms with Gasteiger partial charge in [0.15, 0.2) is 5.69 Å². The minimum atomic E-state index is -0.980. The maximum atomic E-state index is 11.3. The molecule has 5 nitrogen and oxygen atoms in total. The lowest BCUT2D eigenvalue weighted by Crippen LogP contribution is -2.05. The monoisotopic (exact) mass is 414 g/mol. The Bertz CT molecular complexity index is 740. The van der Waals surface area contributed by atoms with Gasteiger partial charge in [-0.05, 0) is 57.2 Å². The van der Waals surface area contributed by atoms with E-state index in [1.54, 1.807) is 11.8 Å². The zero-order chi connectivity index (χ0) is 15.1. The molecule has 1 N–H and O–H groups in total. The molecule has 21 heavy (non-hydrogen) atoms. The van der Waals surface area contributed by atoms with E-state index in [1.807, 2.05) is 12.1 Å². The molecule has 0 fully saturated rings. The SMILES string of the molecule is COc1cc(-n2nc(C(=O)O)c3c2CCC3)c(Br)cc1Br. The molecule has 2 aromatic rings. The largest absolute Gasteiger partial charge is 0.495 e. The first-order valence-electron chi connectivity index (χ1n) is 6.40. The first kappa shape index (κ1) is 14.6. The van der Waals surface area contributed by atoms with Gasteiger partial charge in [-0.3, -0.25) is 0 Å². The number of methoxy groups -OCH3 is 1. The highest BCUT2D eigenvalue weighted by atomic mass is 79.9. The van der Waals surface area contributed by atoms with E-state index in [0.29, 0.717) is 5.75 Å². The fraction of sp³-hybridized carbons (Fsp3) is 0.286. The fourth-order valence-electron chi connectivity index (χ4n) is 2.65. The summed E-state index contributed by atoms with van der Waals surface area (Å²) in [6.45, 7) is 0. The molecule has 0 aliphatic heterocycles. The molecule has 1 heterocycles. The fourth-order valence-corrected chi connectivity index (χ4v) is 3.97. The molecule has 7 heteroatoms. The number of nitrogens with zero attached hydrogens (tertiary/aromatic N) is 2. The van der Waals surface area contributed by atoms with Crippen molar-refractivity contribution >= 4 is 37.8 Å². The number of hydrogen-bond acceptors (Lipinski definition) is 3. The molecule has 0 bridgehead atoms. The summed E-state index contributed by atoms with van der Waals surface area (Å²) in [6, 6.07) is 3.71. The Morgan fingerprint density at radius 3 is 2.76 bits per heavy atom. The second kappa shape index (κ2) is 5.46. The van der Waals surface area contributed by atoms with Crippen LogP contribution in [0.5, 0.6) is 5.75 Å². The van der Waals surface area contributed by atoms with E-state index in [2.05, 4.69) is 37.0 Å². The molecular weight excluding hydrogens is 404 g/mol. The number of rotatable bonds is 3. The minimum absolute atomic E-state index is 0.149. The van der Waals surface area contributed by atoms with Crippen molar-refractivity contribution in [2.75, 3.05) is 7.11 Å². The van der Waals surface area contributed by atoms with Crippen LogP contribution >= 0.6 is 31.9 Å². The molecule has 3 rings (SSSR count). The van der Waals surface area contributed by atoms with Gasteiger partial charge in [-0.2, -0.15) is 5.10 Å². The van der Waals surface area contributed by atoms with E-state index < -0.39 is 5.97 Å². The Morgan fingerprint density at radius 2 is 2.10 bits per heavy atom. The third kappa shape index (κ3) is 2.38. The van der Waals surface area contributed by atoms with Gasteiger partial charge < -0.3 is 9.84 Å². The van der Waals surface area contributed by atoms with Gasteiger partial charge in [0, 0.05) is 21.8 Å². The molecule has 110 valence electrons. The van der Waals surface area contributed by atoms with Gasteiger partial charge in [-0.15, -0.1) is 0 Å². The molecular formula is C14H12Br2N2O3. The van der Waals surface area contributed by atoms with Crippen molar-refractivity contribution in [3.8, 4) is 11.4 Å². The van der Waals surface area contributed by atoms with Crippen LogP contribution in [-0.4, -0.2) is 28.0 Å². The second-order valence-corrected chi connectivity index (χ2v) is 6.49. The van der Waals surface area contributed by atoms with Gasteiger partial charge in [0.1, 0.15) is 5.75 Å². The summed E-state index contributed by atoms with van der Waals surface area (Å²) in [5.74, 6) is -0.306. The number of halogens is 2. The van der Waals surface area contributed by atoms with Crippen molar-refractivity contribution in [1.82, 2.24) is 9.78 Å². The van der Waals surface area contributed by atoms with Crippen molar-refractivity contribution in [3.05, 3.63) is 38.0 Å². The number of aromatic carboxylic acids is 1. The standard InChI is InChI=1S/C14H12Br2N2O3/c1-21-12-6-11(8(15)5-9(12)16)18-10-4-2-3-7(10)13(17-18)14(19)20/h5-6H,2-4H2,1H3,(H,19,20). The van der Waals surface area contributed by atoms with Crippen molar-refractivity contribution < 1.29 is 14.6 Å². The summed E-state index contributed by atoms with van der Waals surface area (Å²) in [6.07, 6.45) is 2.56. The predicted octanol–water partition coefficient (Wildman–Crippen LogP) is 3.59. The van der Waals surface area contributed by atoms with Crippen molar-refractivity contribution in [2.24, 2.45) is 0 Å². The van der Waals surface area contributed by atoms with Crippen LogP contribution in [0.25, 0.3) is 5.69 Å². The molecule has 0 saturated carbocycles. The van der Waals surface area contributed by atoms with Gasteiger partial charge >= 0.3 is 5.97 Å². The first-order valence-corrected chi connectivity index (χ1v) is 7.99. The average Bonchev–Trinajstić information content (AvgIpc) is 3.00. The van der Waals surface area contributed by atoms with E-state index >= 15 is 0 Å². The van der Waals surface area contributed by atoms with E-state index in [1.165, 1.54) is 0 Å². The van der Waals surface area contributed by atoms with Crippen molar-refractivity contribution in [2.45, 2.75) is 19.3 Å². The van der Waals surface area contributed by atoms with Crippen molar-refractivity contribution in [1.29, 1.82) is 0 Å². The van der Waals surface area contributed by atoms with Gasteiger partial charge in [-0.25, -0.2) is 9.48 Å². The van der Waals surface area contributed by atoms with Crippen molar-refractivity contribution in [3.63, 3.8) is 0 Å². The van der Waals surface area contributed by atoms with Crippen LogP contribution in [0.2, 0.25) is 0 Å². The minimum Gasteiger partial charge on any atom is -0.495 e. The third-order valence-electron chi connectivity index (χ3n) is 3.58. The summed E-state index contributed by atoms with van der Waals surface area (Å²) in [7, 11) is 1.59. The summed E-state index contributed by atoms with van der Waals surface area (Å²) >= 11 is 6.93. The summed E-state index contributed by atoms with van der Waals surface area (Å²) in [5.41, 5.74) is 2.74. The Balaban J connectivity index is 2.22. The Kier molecular flexibility index (Phi) is 3.79. The lowest BCUT2D eigenvalue weighted by atomic mass is 10.2. The van der Waals surface area contributed by atoms with Crippen LogP contribution in [0.3, 0.4) is 0 Å². The van der Waals surface area contributed by atoms with E-state index in [0.717, 1.165) is 45.2 Å². The van der Waals surface area contributed by atoms with Crippen LogP contribution in [0.1, 0.15) is 28.2 Å². The number of carboxylic acid groups (broad SMARTS) is 1. The maximum absolute atomic E-state index is 11.3. The van der Waals surface area contributed by atoms with Crippen LogP contribution in [0.4, 0.5) is 0 Å². The second-order valence-electron chi connectivity index (χ2n) is 4.78. The summed E-state index contributed by atoms with van der Waals surface area (Å²) in [5, 5.41) is 13.6. The molecule has 0 radical (unpaired) electrons. The first-order chi connectivity index (χ1) is 10.0. The smallest absolute Gasteiger partial charge is 0.356 e. The molecule has 1 aliphatic carbocycles. The van der Waals surface area contributed by atoms with Crippen LogP contribution in [0, 0.1) is 0 Å². The van der Waals surface area contributed by atoms with Crippen LogP contribution in [-0.2, 0) is 12.8 Å².